The minimum absolute atomic E-state index is 0.0584. The first-order valence-electron chi connectivity index (χ1n) is 15.3. The fourth-order valence-corrected chi connectivity index (χ4v) is 5.47. The van der Waals surface area contributed by atoms with Gasteiger partial charge in [0.25, 0.3) is 0 Å². The highest BCUT2D eigenvalue weighted by Crippen LogP contribution is 2.35. The molecule has 48 heavy (non-hydrogen) atoms. The molecule has 0 bridgehead atoms. The lowest BCUT2D eigenvalue weighted by atomic mass is 9.96. The molecule has 3 aromatic carbocycles. The molecule has 2 heterocycles. The smallest absolute Gasteiger partial charge is 0.323 e. The van der Waals surface area contributed by atoms with Crippen LogP contribution in [-0.2, 0) is 31.1 Å². The Labute approximate surface area is 284 Å². The second-order valence-corrected chi connectivity index (χ2v) is 12.1. The zero-order valence-electron chi connectivity index (χ0n) is 27.0. The van der Waals surface area contributed by atoms with E-state index in [0.29, 0.717) is 33.2 Å². The first-order valence-corrected chi connectivity index (χ1v) is 15.7. The number of fused-ring (bicyclic) bond motifs is 1. The molecule has 0 radical (unpaired) electrons. The number of aliphatic carboxylic acids is 1. The largest absolute Gasteiger partial charge is 0.488 e. The lowest BCUT2D eigenvalue weighted by molar-refractivity contribution is -0.140. The van der Waals surface area contributed by atoms with Crippen molar-refractivity contribution in [3.05, 3.63) is 106 Å². The van der Waals surface area contributed by atoms with E-state index in [9.17, 15) is 20.3 Å². The van der Waals surface area contributed by atoms with Crippen LogP contribution in [0.3, 0.4) is 0 Å². The van der Waals surface area contributed by atoms with Crippen molar-refractivity contribution in [3.63, 3.8) is 0 Å². The van der Waals surface area contributed by atoms with Gasteiger partial charge in [0.15, 0.2) is 0 Å². The minimum Gasteiger partial charge on any atom is -0.488 e. The van der Waals surface area contributed by atoms with Crippen LogP contribution in [0.1, 0.15) is 27.8 Å². The summed E-state index contributed by atoms with van der Waals surface area (Å²) in [5.41, 5.74) is 7.88. The van der Waals surface area contributed by atoms with Crippen molar-refractivity contribution in [2.24, 2.45) is 0 Å². The Morgan fingerprint density at radius 1 is 1.08 bits per heavy atom. The van der Waals surface area contributed by atoms with E-state index in [1.54, 1.807) is 24.4 Å². The maximum Gasteiger partial charge on any atom is 0.323 e. The quantitative estimate of drug-likeness (QED) is 0.136. The van der Waals surface area contributed by atoms with Gasteiger partial charge in [-0.3, -0.25) is 15.1 Å². The number of nitrogens with one attached hydrogen (secondary N) is 1. The number of aliphatic hydroxyl groups excluding tert-OH is 1. The zero-order chi connectivity index (χ0) is 34.2. The Kier molecular flexibility index (Phi) is 11.3. The van der Waals surface area contributed by atoms with Crippen LogP contribution in [0.4, 0.5) is 0 Å². The van der Waals surface area contributed by atoms with Gasteiger partial charge in [-0.2, -0.15) is 5.26 Å². The molecule has 5 aromatic rings. The zero-order valence-corrected chi connectivity index (χ0v) is 27.7. The van der Waals surface area contributed by atoms with Gasteiger partial charge in [0.2, 0.25) is 0 Å². The number of aliphatic hydroxyl groups is 1. The van der Waals surface area contributed by atoms with Gasteiger partial charge < -0.3 is 29.2 Å². The summed E-state index contributed by atoms with van der Waals surface area (Å²) in [4.78, 5) is 22.3. The Morgan fingerprint density at radius 3 is 2.65 bits per heavy atom. The van der Waals surface area contributed by atoms with Crippen molar-refractivity contribution in [1.29, 1.82) is 5.26 Å². The Balaban J connectivity index is 1.38. The molecule has 0 saturated carbocycles. The molecule has 5 rings (SSSR count). The Hall–Kier alpha value is -4.99. The third kappa shape index (κ3) is 8.29. The van der Waals surface area contributed by atoms with Crippen molar-refractivity contribution >= 4 is 28.6 Å². The van der Waals surface area contributed by atoms with Gasteiger partial charge in [0, 0.05) is 49.2 Å². The number of rotatable bonds is 15. The van der Waals surface area contributed by atoms with Crippen LogP contribution in [0, 0.1) is 18.3 Å². The molecule has 0 fully saturated rings. The number of carboxylic acids is 1. The number of nitrogens with zero attached hydrogens (tertiary/aromatic N) is 5. The van der Waals surface area contributed by atoms with Crippen LogP contribution in [-0.4, -0.2) is 68.9 Å². The van der Waals surface area contributed by atoms with E-state index in [1.807, 2.05) is 24.5 Å². The van der Waals surface area contributed by atoms with Gasteiger partial charge >= 0.3 is 5.97 Å². The van der Waals surface area contributed by atoms with Gasteiger partial charge in [0.05, 0.1) is 34.6 Å². The molecule has 248 valence electrons. The van der Waals surface area contributed by atoms with Crippen LogP contribution in [0.15, 0.2) is 73.3 Å². The number of benzene rings is 3. The lowest BCUT2D eigenvalue weighted by Gasteiger charge is -2.18. The molecule has 0 aliphatic rings. The molecule has 1 atom stereocenters. The van der Waals surface area contributed by atoms with Crippen LogP contribution in [0.5, 0.6) is 11.5 Å². The van der Waals surface area contributed by atoms with Crippen LogP contribution >= 0.6 is 11.6 Å². The molecule has 0 saturated heterocycles. The average molecular weight is 669 g/mol. The standard InChI is InChI=1S/C36H37ClN6O5/c1-23-27(5-4-6-29(23)26-7-8-31-33(13-26)43(22-41-31)10-9-42(2)3)21-48-35-14-34(47-20-25-11-24(15-38)16-39-17-25)28(12-30(35)37)18-40-32(19-44)36(45)46/h4-8,11-14,16-17,22,32,40,44H,9-10,18-21H2,1-3H3,(H,45,46). The Bertz CT molecular complexity index is 1950. The van der Waals surface area contributed by atoms with E-state index >= 15 is 0 Å². The fourth-order valence-electron chi connectivity index (χ4n) is 5.23. The number of ether oxygens (including phenoxy) is 2. The first kappa shape index (κ1) is 34.3. The summed E-state index contributed by atoms with van der Waals surface area (Å²) in [6.07, 6.45) is 4.95. The molecule has 0 aliphatic carbocycles. The molecule has 0 spiro atoms. The molecule has 3 N–H and O–H groups in total. The van der Waals surface area contributed by atoms with E-state index in [1.165, 1.54) is 6.20 Å². The van der Waals surface area contributed by atoms with E-state index < -0.39 is 18.6 Å². The third-order valence-electron chi connectivity index (χ3n) is 8.00. The lowest BCUT2D eigenvalue weighted by Crippen LogP contribution is -2.39. The number of aromatic nitrogens is 3. The maximum atomic E-state index is 11.5. The number of imidazole rings is 1. The fraction of sp³-hybridized carbons (Fsp3) is 0.278. The highest BCUT2D eigenvalue weighted by atomic mass is 35.5. The van der Waals surface area contributed by atoms with E-state index in [2.05, 4.69) is 70.0 Å². The summed E-state index contributed by atoms with van der Waals surface area (Å²) in [5, 5.41) is 31.2. The van der Waals surface area contributed by atoms with Gasteiger partial charge in [0.1, 0.15) is 36.8 Å². The monoisotopic (exact) mass is 668 g/mol. The van der Waals surface area contributed by atoms with Crippen molar-refractivity contribution in [2.75, 3.05) is 27.2 Å². The number of pyridine rings is 1. The second-order valence-electron chi connectivity index (χ2n) is 11.7. The molecule has 0 amide bonds. The highest BCUT2D eigenvalue weighted by Gasteiger charge is 2.19. The second kappa shape index (κ2) is 15.7. The van der Waals surface area contributed by atoms with E-state index in [4.69, 9.17) is 21.1 Å². The molecular weight excluding hydrogens is 632 g/mol. The molecule has 11 nitrogen and oxygen atoms in total. The summed E-state index contributed by atoms with van der Waals surface area (Å²) in [7, 11) is 4.11. The van der Waals surface area contributed by atoms with Gasteiger partial charge in [-0.1, -0.05) is 35.9 Å². The summed E-state index contributed by atoms with van der Waals surface area (Å²) in [6.45, 7) is 3.62. The van der Waals surface area contributed by atoms with E-state index in [-0.39, 0.29) is 19.8 Å². The summed E-state index contributed by atoms with van der Waals surface area (Å²) >= 11 is 6.68. The summed E-state index contributed by atoms with van der Waals surface area (Å²) in [5.74, 6) is -0.402. The number of nitriles is 1. The third-order valence-corrected chi connectivity index (χ3v) is 8.30. The van der Waals surface area contributed by atoms with Gasteiger partial charge in [-0.15, -0.1) is 0 Å². The van der Waals surface area contributed by atoms with Crippen LogP contribution in [0.25, 0.3) is 22.2 Å². The van der Waals surface area contributed by atoms with Crippen LogP contribution < -0.4 is 14.8 Å². The number of likely N-dealkylation sites (N-methyl/N-ethyl adjacent to an activating group) is 1. The van der Waals surface area contributed by atoms with Crippen LogP contribution in [0.2, 0.25) is 5.02 Å². The van der Waals surface area contributed by atoms with Crippen molar-refractivity contribution in [2.45, 2.75) is 39.3 Å². The molecular formula is C36H37ClN6O5. The predicted molar refractivity (Wildman–Crippen MR) is 183 cm³/mol. The van der Waals surface area contributed by atoms with Gasteiger partial charge in [-0.05, 0) is 67.5 Å². The average Bonchev–Trinajstić information content (AvgIpc) is 3.49. The van der Waals surface area contributed by atoms with Gasteiger partial charge in [-0.25, -0.2) is 4.98 Å². The molecule has 0 aliphatic heterocycles. The normalized spacial score (nSPS) is 11.9. The number of carboxylic acid groups (broad SMARTS) is 1. The minimum atomic E-state index is -1.18. The number of carbonyl (C=O) groups is 1. The predicted octanol–water partition coefficient (Wildman–Crippen LogP) is 5.19. The number of hydrogen-bond donors (Lipinski definition) is 3. The van der Waals surface area contributed by atoms with Crippen molar-refractivity contribution in [3.8, 4) is 28.7 Å². The molecule has 1 unspecified atom stereocenters. The molecule has 12 heteroatoms. The molecule has 2 aromatic heterocycles. The van der Waals surface area contributed by atoms with Crippen molar-refractivity contribution in [1.82, 2.24) is 24.8 Å². The highest BCUT2D eigenvalue weighted by molar-refractivity contribution is 6.32. The summed E-state index contributed by atoms with van der Waals surface area (Å²) in [6, 6.07) is 18.3. The van der Waals surface area contributed by atoms with Crippen molar-refractivity contribution < 1.29 is 24.5 Å². The number of hydrogen-bond acceptors (Lipinski definition) is 9. The topological polar surface area (TPSA) is 146 Å². The first-order chi connectivity index (χ1) is 23.2. The summed E-state index contributed by atoms with van der Waals surface area (Å²) < 4.78 is 14.5. The maximum absolute atomic E-state index is 11.5. The SMILES string of the molecule is Cc1c(COc2cc(OCc3cncc(C#N)c3)c(CNC(CO)C(=O)O)cc2Cl)cccc1-c1ccc2ncn(CCN(C)C)c2c1. The number of halogens is 1. The van der Waals surface area contributed by atoms with E-state index in [0.717, 1.165) is 46.4 Å². The Morgan fingerprint density at radius 2 is 1.90 bits per heavy atom.